The predicted octanol–water partition coefficient (Wildman–Crippen LogP) is 0.920. The summed E-state index contributed by atoms with van der Waals surface area (Å²) in [7, 11) is 1.52. The molecule has 0 aliphatic heterocycles. The molecule has 0 saturated carbocycles. The third-order valence-electron chi connectivity index (χ3n) is 1.83. The van der Waals surface area contributed by atoms with Gasteiger partial charge in [-0.2, -0.15) is 5.26 Å². The van der Waals surface area contributed by atoms with Crippen LogP contribution in [0, 0.1) is 21.4 Å². The molecule has 84 valence electrons. The number of ether oxygens (including phenoxy) is 1. The lowest BCUT2D eigenvalue weighted by Gasteiger charge is -2.05. The van der Waals surface area contributed by atoms with E-state index in [0.29, 0.717) is 13.2 Å². The Labute approximate surface area is 91.8 Å². The normalized spacial score (nSPS) is 9.50. The van der Waals surface area contributed by atoms with Gasteiger partial charge in [0.2, 0.25) is 5.82 Å². The Morgan fingerprint density at radius 1 is 1.75 bits per heavy atom. The standard InChI is InChI=1S/C9H10N4O3/c1-16-5-4-12-9-8(13(14)15)7(6-10)2-3-11-9/h2-3H,4-5H2,1H3,(H,11,12). The Morgan fingerprint density at radius 2 is 2.50 bits per heavy atom. The van der Waals surface area contributed by atoms with Gasteiger partial charge in [0.15, 0.2) is 0 Å². The lowest BCUT2D eigenvalue weighted by molar-refractivity contribution is -0.384. The van der Waals surface area contributed by atoms with Crippen molar-refractivity contribution < 1.29 is 9.66 Å². The third kappa shape index (κ3) is 2.65. The summed E-state index contributed by atoms with van der Waals surface area (Å²) in [6, 6.07) is 3.06. The van der Waals surface area contributed by atoms with E-state index in [-0.39, 0.29) is 17.1 Å². The van der Waals surface area contributed by atoms with Crippen molar-refractivity contribution in [3.63, 3.8) is 0 Å². The second kappa shape index (κ2) is 5.63. The number of nitrogens with zero attached hydrogens (tertiary/aromatic N) is 3. The highest BCUT2D eigenvalue weighted by Crippen LogP contribution is 2.25. The Balaban J connectivity index is 2.99. The largest absolute Gasteiger partial charge is 0.383 e. The van der Waals surface area contributed by atoms with E-state index in [0.717, 1.165) is 0 Å². The molecule has 0 bridgehead atoms. The molecule has 0 atom stereocenters. The Morgan fingerprint density at radius 3 is 3.06 bits per heavy atom. The molecule has 0 saturated heterocycles. The van der Waals surface area contributed by atoms with Gasteiger partial charge in [-0.05, 0) is 6.07 Å². The van der Waals surface area contributed by atoms with Crippen LogP contribution in [0.2, 0.25) is 0 Å². The lowest BCUT2D eigenvalue weighted by atomic mass is 10.2. The highest BCUT2D eigenvalue weighted by atomic mass is 16.6. The monoisotopic (exact) mass is 222 g/mol. The predicted molar refractivity (Wildman–Crippen MR) is 56.0 cm³/mol. The summed E-state index contributed by atoms with van der Waals surface area (Å²) < 4.78 is 4.80. The summed E-state index contributed by atoms with van der Waals surface area (Å²) in [6.07, 6.45) is 1.35. The van der Waals surface area contributed by atoms with Crippen molar-refractivity contribution in [1.29, 1.82) is 5.26 Å². The van der Waals surface area contributed by atoms with E-state index in [2.05, 4.69) is 10.3 Å². The fraction of sp³-hybridized carbons (Fsp3) is 0.333. The van der Waals surface area contributed by atoms with Crippen LogP contribution in [0.3, 0.4) is 0 Å². The highest BCUT2D eigenvalue weighted by molar-refractivity contribution is 5.63. The van der Waals surface area contributed by atoms with E-state index in [4.69, 9.17) is 10.00 Å². The number of rotatable bonds is 5. The summed E-state index contributed by atoms with van der Waals surface area (Å²) >= 11 is 0. The maximum Gasteiger partial charge on any atom is 0.328 e. The Kier molecular flexibility index (Phi) is 4.17. The molecule has 0 fully saturated rings. The smallest absolute Gasteiger partial charge is 0.328 e. The molecule has 1 heterocycles. The maximum atomic E-state index is 10.8. The van der Waals surface area contributed by atoms with E-state index in [1.165, 1.54) is 19.4 Å². The number of methoxy groups -OCH3 is 1. The van der Waals surface area contributed by atoms with Crippen molar-refractivity contribution in [3.05, 3.63) is 27.9 Å². The second-order valence-electron chi connectivity index (χ2n) is 2.84. The molecule has 1 aromatic rings. The summed E-state index contributed by atoms with van der Waals surface area (Å²) in [6.45, 7) is 0.787. The van der Waals surface area contributed by atoms with E-state index >= 15 is 0 Å². The van der Waals surface area contributed by atoms with Crippen LogP contribution in [0.25, 0.3) is 0 Å². The molecule has 0 aromatic carbocycles. The molecule has 0 amide bonds. The van der Waals surface area contributed by atoms with Gasteiger partial charge in [-0.15, -0.1) is 0 Å². The first-order chi connectivity index (χ1) is 7.70. The summed E-state index contributed by atoms with van der Waals surface area (Å²) in [5.41, 5.74) is -0.319. The summed E-state index contributed by atoms with van der Waals surface area (Å²) in [5, 5.41) is 22.2. The van der Waals surface area contributed by atoms with Crippen molar-refractivity contribution in [2.24, 2.45) is 0 Å². The van der Waals surface area contributed by atoms with Crippen molar-refractivity contribution in [1.82, 2.24) is 4.98 Å². The second-order valence-corrected chi connectivity index (χ2v) is 2.84. The molecule has 1 rings (SSSR count). The number of nitro groups is 1. The van der Waals surface area contributed by atoms with Crippen LogP contribution >= 0.6 is 0 Å². The van der Waals surface area contributed by atoms with Crippen molar-refractivity contribution >= 4 is 11.5 Å². The molecular weight excluding hydrogens is 212 g/mol. The zero-order valence-corrected chi connectivity index (χ0v) is 8.64. The van der Waals surface area contributed by atoms with E-state index < -0.39 is 4.92 Å². The van der Waals surface area contributed by atoms with Crippen LogP contribution in [0.4, 0.5) is 11.5 Å². The average Bonchev–Trinajstić information content (AvgIpc) is 2.28. The Bertz CT molecular complexity index is 427. The fourth-order valence-corrected chi connectivity index (χ4v) is 1.13. The topological polar surface area (TPSA) is 101 Å². The van der Waals surface area contributed by atoms with Crippen LogP contribution in [-0.2, 0) is 4.74 Å². The van der Waals surface area contributed by atoms with Gasteiger partial charge in [-0.25, -0.2) is 4.98 Å². The molecule has 1 aromatic heterocycles. The fourth-order valence-electron chi connectivity index (χ4n) is 1.13. The van der Waals surface area contributed by atoms with Crippen LogP contribution in [0.15, 0.2) is 12.3 Å². The first-order valence-electron chi connectivity index (χ1n) is 4.47. The van der Waals surface area contributed by atoms with Gasteiger partial charge in [-0.3, -0.25) is 10.1 Å². The third-order valence-corrected chi connectivity index (χ3v) is 1.83. The number of hydrogen-bond donors (Lipinski definition) is 1. The molecule has 0 aliphatic carbocycles. The molecule has 0 radical (unpaired) electrons. The van der Waals surface area contributed by atoms with Crippen LogP contribution in [-0.4, -0.2) is 30.2 Å². The van der Waals surface area contributed by atoms with E-state index in [9.17, 15) is 10.1 Å². The van der Waals surface area contributed by atoms with Crippen LogP contribution in [0.1, 0.15) is 5.56 Å². The molecule has 1 N–H and O–H groups in total. The number of nitriles is 1. The maximum absolute atomic E-state index is 10.8. The molecule has 7 heteroatoms. The van der Waals surface area contributed by atoms with Gasteiger partial charge in [0.05, 0.1) is 11.5 Å². The van der Waals surface area contributed by atoms with Gasteiger partial charge in [0.1, 0.15) is 11.6 Å². The number of anilines is 1. The van der Waals surface area contributed by atoms with Gasteiger partial charge >= 0.3 is 5.69 Å². The molecular formula is C9H10N4O3. The Hall–Kier alpha value is -2.20. The van der Waals surface area contributed by atoms with Gasteiger partial charge in [-0.1, -0.05) is 0 Å². The first kappa shape index (κ1) is 11.9. The number of aromatic nitrogens is 1. The van der Waals surface area contributed by atoms with Crippen molar-refractivity contribution in [2.75, 3.05) is 25.6 Å². The minimum Gasteiger partial charge on any atom is -0.383 e. The highest BCUT2D eigenvalue weighted by Gasteiger charge is 2.20. The van der Waals surface area contributed by atoms with E-state index in [1.807, 2.05) is 0 Å². The zero-order valence-electron chi connectivity index (χ0n) is 8.64. The molecule has 0 aliphatic rings. The van der Waals surface area contributed by atoms with Gasteiger partial charge < -0.3 is 10.1 Å². The van der Waals surface area contributed by atoms with Gasteiger partial charge in [0.25, 0.3) is 0 Å². The van der Waals surface area contributed by atoms with Crippen LogP contribution < -0.4 is 5.32 Å². The number of pyridine rings is 1. The molecule has 0 unspecified atom stereocenters. The lowest BCUT2D eigenvalue weighted by Crippen LogP contribution is -2.11. The number of hydrogen-bond acceptors (Lipinski definition) is 6. The molecule has 0 spiro atoms. The first-order valence-corrected chi connectivity index (χ1v) is 4.47. The van der Waals surface area contributed by atoms with Crippen molar-refractivity contribution in [2.45, 2.75) is 0 Å². The summed E-state index contributed by atoms with van der Waals surface area (Å²) in [5.74, 6) is 0.0844. The minimum atomic E-state index is -0.624. The quantitative estimate of drug-likeness (QED) is 0.451. The SMILES string of the molecule is COCCNc1nccc(C#N)c1[N+](=O)[O-]. The van der Waals surface area contributed by atoms with Crippen molar-refractivity contribution in [3.8, 4) is 6.07 Å². The molecule has 16 heavy (non-hydrogen) atoms. The van der Waals surface area contributed by atoms with Gasteiger partial charge in [0, 0.05) is 19.9 Å². The van der Waals surface area contributed by atoms with E-state index in [1.54, 1.807) is 6.07 Å². The van der Waals surface area contributed by atoms with Crippen LogP contribution in [0.5, 0.6) is 0 Å². The summed E-state index contributed by atoms with van der Waals surface area (Å²) in [4.78, 5) is 14.0. The zero-order chi connectivity index (χ0) is 12.0. The number of nitrogens with one attached hydrogen (secondary N) is 1. The molecule has 7 nitrogen and oxygen atoms in total. The minimum absolute atomic E-state index is 0.0140. The average molecular weight is 222 g/mol.